The summed E-state index contributed by atoms with van der Waals surface area (Å²) in [6, 6.07) is 8.81. The summed E-state index contributed by atoms with van der Waals surface area (Å²) in [5, 5.41) is 11.7. The van der Waals surface area contributed by atoms with E-state index in [4.69, 9.17) is 4.74 Å². The minimum Gasteiger partial charge on any atom is -0.497 e. The molecule has 0 saturated heterocycles. The van der Waals surface area contributed by atoms with Gasteiger partial charge in [0.25, 0.3) is 0 Å². The largest absolute Gasteiger partial charge is 0.497 e. The van der Waals surface area contributed by atoms with Crippen LogP contribution in [0.25, 0.3) is 0 Å². The molecule has 3 rings (SSSR count). The highest BCUT2D eigenvalue weighted by Crippen LogP contribution is 2.41. The molecule has 0 amide bonds. The van der Waals surface area contributed by atoms with Gasteiger partial charge >= 0.3 is 0 Å². The number of benzene rings is 1. The number of rotatable bonds is 7. The first-order chi connectivity index (χ1) is 14.4. The van der Waals surface area contributed by atoms with Gasteiger partial charge in [-0.25, -0.2) is 0 Å². The van der Waals surface area contributed by atoms with Gasteiger partial charge in [0.05, 0.1) is 12.8 Å². The van der Waals surface area contributed by atoms with Crippen LogP contribution in [-0.2, 0) is 18.9 Å². The molecule has 0 spiro atoms. The van der Waals surface area contributed by atoms with E-state index in [2.05, 4.69) is 59.7 Å². The molecule has 0 bridgehead atoms. The Morgan fingerprint density at radius 2 is 2.03 bits per heavy atom. The van der Waals surface area contributed by atoms with Crippen molar-refractivity contribution in [3.8, 4) is 5.75 Å². The average Bonchev–Trinajstić information content (AvgIpc) is 3.32. The monoisotopic (exact) mass is 411 g/mol. The predicted octanol–water partition coefficient (Wildman–Crippen LogP) is 3.65. The lowest BCUT2D eigenvalue weighted by Crippen LogP contribution is -2.47. The van der Waals surface area contributed by atoms with Gasteiger partial charge in [-0.2, -0.15) is 5.10 Å². The second kappa shape index (κ2) is 9.54. The molecule has 1 saturated carbocycles. The summed E-state index contributed by atoms with van der Waals surface area (Å²) < 4.78 is 7.43. The van der Waals surface area contributed by atoms with Crippen LogP contribution in [0.1, 0.15) is 55.1 Å². The van der Waals surface area contributed by atoms with Crippen LogP contribution in [0.15, 0.2) is 29.3 Å². The van der Waals surface area contributed by atoms with Crippen molar-refractivity contribution < 1.29 is 4.74 Å². The van der Waals surface area contributed by atoms with E-state index in [1.54, 1.807) is 7.11 Å². The van der Waals surface area contributed by atoms with Crippen LogP contribution in [-0.4, -0.2) is 42.5 Å². The minimum absolute atomic E-state index is 0.131. The smallest absolute Gasteiger partial charge is 0.191 e. The molecule has 1 fully saturated rings. The summed E-state index contributed by atoms with van der Waals surface area (Å²) in [5.74, 6) is 1.79. The SMILES string of the molecule is CN=C(NCC1(c2cccc(OC)c2)CCCC1)NC(C)Cc1c(C)nn(C)c1C. The van der Waals surface area contributed by atoms with Crippen LogP contribution < -0.4 is 15.4 Å². The zero-order valence-corrected chi connectivity index (χ0v) is 19.4. The van der Waals surface area contributed by atoms with E-state index in [-0.39, 0.29) is 11.5 Å². The molecule has 1 atom stereocenters. The van der Waals surface area contributed by atoms with Crippen LogP contribution in [0.5, 0.6) is 5.75 Å². The third kappa shape index (κ3) is 4.79. The first kappa shape index (κ1) is 22.2. The topological polar surface area (TPSA) is 63.5 Å². The lowest BCUT2D eigenvalue weighted by atomic mass is 9.78. The van der Waals surface area contributed by atoms with Crippen LogP contribution in [0, 0.1) is 13.8 Å². The van der Waals surface area contributed by atoms with Gasteiger partial charge in [0.2, 0.25) is 0 Å². The average molecular weight is 412 g/mol. The quantitative estimate of drug-likeness (QED) is 0.539. The first-order valence-electron chi connectivity index (χ1n) is 11.0. The van der Waals surface area contributed by atoms with Gasteiger partial charge in [-0.3, -0.25) is 9.67 Å². The van der Waals surface area contributed by atoms with Crippen LogP contribution >= 0.6 is 0 Å². The molecule has 2 N–H and O–H groups in total. The molecule has 0 radical (unpaired) electrons. The molecule has 30 heavy (non-hydrogen) atoms. The third-order valence-corrected chi connectivity index (χ3v) is 6.61. The van der Waals surface area contributed by atoms with Gasteiger partial charge in [-0.1, -0.05) is 25.0 Å². The number of nitrogens with zero attached hydrogens (tertiary/aromatic N) is 3. The zero-order chi connectivity index (χ0) is 21.7. The molecule has 6 heteroatoms. The Kier molecular flexibility index (Phi) is 7.06. The number of aryl methyl sites for hydroxylation is 2. The number of methoxy groups -OCH3 is 1. The summed E-state index contributed by atoms with van der Waals surface area (Å²) in [5.41, 5.74) is 5.14. The molecule has 1 unspecified atom stereocenters. The van der Waals surface area contributed by atoms with Gasteiger partial charge in [-0.05, 0) is 63.3 Å². The Bertz CT molecular complexity index is 880. The van der Waals surface area contributed by atoms with Crippen LogP contribution in [0.3, 0.4) is 0 Å². The fraction of sp³-hybridized carbons (Fsp3) is 0.583. The van der Waals surface area contributed by atoms with E-state index >= 15 is 0 Å². The summed E-state index contributed by atoms with van der Waals surface area (Å²) >= 11 is 0. The van der Waals surface area contributed by atoms with Crippen molar-refractivity contribution in [2.24, 2.45) is 12.0 Å². The Labute approximate surface area is 181 Å². The fourth-order valence-corrected chi connectivity index (χ4v) is 4.72. The highest BCUT2D eigenvalue weighted by Gasteiger charge is 2.36. The van der Waals surface area contributed by atoms with Crippen molar-refractivity contribution in [3.63, 3.8) is 0 Å². The molecule has 2 aromatic rings. The maximum absolute atomic E-state index is 5.47. The number of aromatic nitrogens is 2. The van der Waals surface area contributed by atoms with E-state index in [0.29, 0.717) is 0 Å². The molecular weight excluding hydrogens is 374 g/mol. The Morgan fingerprint density at radius 3 is 2.63 bits per heavy atom. The highest BCUT2D eigenvalue weighted by molar-refractivity contribution is 5.80. The Balaban J connectivity index is 1.66. The standard InChI is InChI=1S/C24H37N5O/c1-17(14-22-18(2)28-29(5)19(22)3)27-23(25-4)26-16-24(12-7-8-13-24)20-10-9-11-21(15-20)30-6/h9-11,15,17H,7-8,12-14,16H2,1-6H3,(H2,25,26,27). The molecule has 1 aromatic carbocycles. The van der Waals surface area contributed by atoms with Crippen molar-refractivity contribution in [2.45, 2.75) is 64.3 Å². The van der Waals surface area contributed by atoms with Crippen molar-refractivity contribution in [1.82, 2.24) is 20.4 Å². The lowest BCUT2D eigenvalue weighted by molar-refractivity contribution is 0.403. The Hall–Kier alpha value is -2.50. The number of nitrogens with one attached hydrogen (secondary N) is 2. The van der Waals surface area contributed by atoms with Crippen molar-refractivity contribution >= 4 is 5.96 Å². The van der Waals surface area contributed by atoms with E-state index in [1.807, 2.05) is 24.8 Å². The second-order valence-corrected chi connectivity index (χ2v) is 8.67. The van der Waals surface area contributed by atoms with Crippen molar-refractivity contribution in [2.75, 3.05) is 20.7 Å². The number of guanidine groups is 1. The van der Waals surface area contributed by atoms with Gasteiger partial charge in [0, 0.05) is 37.8 Å². The van der Waals surface area contributed by atoms with E-state index in [1.165, 1.54) is 42.5 Å². The number of ether oxygens (including phenoxy) is 1. The molecule has 164 valence electrons. The van der Waals surface area contributed by atoms with Gasteiger partial charge in [0.1, 0.15) is 5.75 Å². The van der Waals surface area contributed by atoms with Gasteiger partial charge in [0.15, 0.2) is 5.96 Å². The molecule has 6 nitrogen and oxygen atoms in total. The van der Waals surface area contributed by atoms with E-state index < -0.39 is 0 Å². The van der Waals surface area contributed by atoms with Gasteiger partial charge < -0.3 is 15.4 Å². The highest BCUT2D eigenvalue weighted by atomic mass is 16.5. The first-order valence-corrected chi connectivity index (χ1v) is 11.0. The summed E-state index contributed by atoms with van der Waals surface area (Å²) in [7, 11) is 5.58. The summed E-state index contributed by atoms with van der Waals surface area (Å²) in [6.45, 7) is 7.29. The number of hydrogen-bond acceptors (Lipinski definition) is 3. The Morgan fingerprint density at radius 1 is 1.30 bits per heavy atom. The molecular formula is C24H37N5O. The summed E-state index contributed by atoms with van der Waals surface area (Å²) in [4.78, 5) is 4.49. The van der Waals surface area contributed by atoms with Crippen LogP contribution in [0.4, 0.5) is 0 Å². The molecule has 1 heterocycles. The molecule has 0 aliphatic heterocycles. The number of hydrogen-bond donors (Lipinski definition) is 2. The van der Waals surface area contributed by atoms with Crippen LogP contribution in [0.2, 0.25) is 0 Å². The second-order valence-electron chi connectivity index (χ2n) is 8.67. The third-order valence-electron chi connectivity index (χ3n) is 6.61. The minimum atomic E-state index is 0.131. The maximum atomic E-state index is 5.47. The predicted molar refractivity (Wildman–Crippen MR) is 123 cm³/mol. The molecule has 1 aliphatic rings. The summed E-state index contributed by atoms with van der Waals surface area (Å²) in [6.07, 6.45) is 5.83. The molecule has 1 aliphatic carbocycles. The number of aliphatic imine (C=N–C) groups is 1. The van der Waals surface area contributed by atoms with Gasteiger partial charge in [-0.15, -0.1) is 0 Å². The normalized spacial score (nSPS) is 17.1. The van der Waals surface area contributed by atoms with E-state index in [9.17, 15) is 0 Å². The maximum Gasteiger partial charge on any atom is 0.191 e. The zero-order valence-electron chi connectivity index (χ0n) is 19.4. The fourth-order valence-electron chi connectivity index (χ4n) is 4.72. The van der Waals surface area contributed by atoms with Crippen molar-refractivity contribution in [1.29, 1.82) is 0 Å². The van der Waals surface area contributed by atoms with E-state index in [0.717, 1.165) is 30.4 Å². The molecule has 1 aromatic heterocycles. The lowest BCUT2D eigenvalue weighted by Gasteiger charge is -2.31. The van der Waals surface area contributed by atoms with Crippen molar-refractivity contribution in [3.05, 3.63) is 46.8 Å².